The molecule has 2 rings (SSSR count). The third-order valence-electron chi connectivity index (χ3n) is 3.65. The van der Waals surface area contributed by atoms with E-state index in [1.165, 1.54) is 8.61 Å². The van der Waals surface area contributed by atoms with Crippen LogP contribution in [-0.4, -0.2) is 27.0 Å². The van der Waals surface area contributed by atoms with Gasteiger partial charge in [0.05, 0.1) is 47.6 Å². The van der Waals surface area contributed by atoms with Crippen LogP contribution in [0.25, 0.3) is 0 Å². The number of aryl methyl sites for hydroxylation is 2. The molecule has 0 aromatic heterocycles. The van der Waals surface area contributed by atoms with Gasteiger partial charge in [-0.2, -0.15) is 0 Å². The second kappa shape index (κ2) is 9.40. The zero-order chi connectivity index (χ0) is 19.1. The summed E-state index contributed by atoms with van der Waals surface area (Å²) in [5.41, 5.74) is 3.24. The third-order valence-corrected chi connectivity index (χ3v) is 5.80. The zero-order valence-corrected chi connectivity index (χ0v) is 16.6. The smallest absolute Gasteiger partial charge is 0.224 e. The average Bonchev–Trinajstić information content (AvgIpc) is 2.65. The van der Waals surface area contributed by atoms with Gasteiger partial charge in [0.25, 0.3) is 0 Å². The monoisotopic (exact) mass is 392 g/mol. The van der Waals surface area contributed by atoms with E-state index in [9.17, 15) is 9.59 Å². The number of hydrogen-bond acceptors (Lipinski definition) is 6. The van der Waals surface area contributed by atoms with E-state index in [0.29, 0.717) is 24.2 Å². The Kier molecular flexibility index (Phi) is 7.23. The van der Waals surface area contributed by atoms with Gasteiger partial charge in [0.2, 0.25) is 12.8 Å². The highest BCUT2D eigenvalue weighted by Crippen LogP contribution is 2.37. The van der Waals surface area contributed by atoms with Crippen molar-refractivity contribution in [2.75, 3.05) is 22.8 Å². The SMILES string of the molecule is COc1ccc(N(C=O)SSN(C=O)c2ccc(OC)c(C)c2)cc1C. The van der Waals surface area contributed by atoms with Gasteiger partial charge in [0.1, 0.15) is 11.5 Å². The van der Waals surface area contributed by atoms with E-state index in [2.05, 4.69) is 0 Å². The van der Waals surface area contributed by atoms with Crippen molar-refractivity contribution in [2.45, 2.75) is 13.8 Å². The van der Waals surface area contributed by atoms with Crippen molar-refractivity contribution >= 4 is 46.2 Å². The summed E-state index contributed by atoms with van der Waals surface area (Å²) in [6.07, 6.45) is 1.42. The maximum absolute atomic E-state index is 11.5. The highest BCUT2D eigenvalue weighted by atomic mass is 33.1. The van der Waals surface area contributed by atoms with Gasteiger partial charge in [0.15, 0.2) is 0 Å². The minimum absolute atomic E-state index is 0.701. The molecule has 0 atom stereocenters. The normalized spacial score (nSPS) is 10.2. The van der Waals surface area contributed by atoms with Crippen molar-refractivity contribution in [1.29, 1.82) is 0 Å². The first kappa shape index (κ1) is 20.0. The first-order valence-corrected chi connectivity index (χ1v) is 9.73. The zero-order valence-electron chi connectivity index (χ0n) is 15.0. The summed E-state index contributed by atoms with van der Waals surface area (Å²) < 4.78 is 13.4. The highest BCUT2D eigenvalue weighted by molar-refractivity contribution is 8.78. The molecule has 0 saturated carbocycles. The van der Waals surface area contributed by atoms with Crippen molar-refractivity contribution in [1.82, 2.24) is 0 Å². The summed E-state index contributed by atoms with van der Waals surface area (Å²) in [5.74, 6) is 1.50. The molecule has 0 fully saturated rings. The molecule has 138 valence electrons. The van der Waals surface area contributed by atoms with Crippen molar-refractivity contribution in [3.63, 3.8) is 0 Å². The summed E-state index contributed by atoms with van der Waals surface area (Å²) >= 11 is 0. The molecule has 0 radical (unpaired) electrons. The molecule has 26 heavy (non-hydrogen) atoms. The first-order valence-electron chi connectivity index (χ1n) is 7.67. The fraction of sp³-hybridized carbons (Fsp3) is 0.222. The molecule has 8 heteroatoms. The van der Waals surface area contributed by atoms with E-state index in [-0.39, 0.29) is 0 Å². The molecule has 0 unspecified atom stereocenters. The Bertz CT molecular complexity index is 720. The van der Waals surface area contributed by atoms with Crippen LogP contribution in [0, 0.1) is 13.8 Å². The number of nitrogens with zero attached hydrogens (tertiary/aromatic N) is 2. The molecule has 0 aliphatic carbocycles. The number of carbonyl (C=O) groups excluding carboxylic acids is 2. The topological polar surface area (TPSA) is 59.1 Å². The Labute approximate surface area is 161 Å². The molecular weight excluding hydrogens is 372 g/mol. The lowest BCUT2D eigenvalue weighted by Crippen LogP contribution is -2.15. The van der Waals surface area contributed by atoms with E-state index >= 15 is 0 Å². The standard InChI is InChI=1S/C18H20N2O4S2/c1-13-9-15(5-7-17(13)23-3)19(11-21)25-26-20(12-22)16-6-8-18(24-4)14(2)10-16/h5-12H,1-4H3. The number of benzene rings is 2. The lowest BCUT2D eigenvalue weighted by atomic mass is 10.2. The van der Waals surface area contributed by atoms with Gasteiger partial charge in [-0.25, -0.2) is 8.61 Å². The Morgan fingerprint density at radius 1 is 0.769 bits per heavy atom. The van der Waals surface area contributed by atoms with Crippen LogP contribution < -0.4 is 18.1 Å². The van der Waals surface area contributed by atoms with Gasteiger partial charge in [0, 0.05) is 0 Å². The van der Waals surface area contributed by atoms with Gasteiger partial charge < -0.3 is 9.47 Å². The molecule has 0 saturated heterocycles. The third kappa shape index (κ3) is 4.64. The second-order valence-electron chi connectivity index (χ2n) is 5.32. The average molecular weight is 393 g/mol. The van der Waals surface area contributed by atoms with E-state index in [1.54, 1.807) is 38.5 Å². The maximum Gasteiger partial charge on any atom is 0.224 e. The lowest BCUT2D eigenvalue weighted by Gasteiger charge is -2.21. The highest BCUT2D eigenvalue weighted by Gasteiger charge is 2.14. The minimum Gasteiger partial charge on any atom is -0.496 e. The van der Waals surface area contributed by atoms with E-state index < -0.39 is 0 Å². The Hall–Kier alpha value is -2.32. The fourth-order valence-corrected chi connectivity index (χ4v) is 4.09. The Balaban J connectivity index is 2.12. The van der Waals surface area contributed by atoms with Crippen LogP contribution in [0.1, 0.15) is 11.1 Å². The summed E-state index contributed by atoms with van der Waals surface area (Å²) in [7, 11) is 5.49. The summed E-state index contributed by atoms with van der Waals surface area (Å²) in [6, 6.07) is 10.9. The Morgan fingerprint density at radius 3 is 1.42 bits per heavy atom. The number of carbonyl (C=O) groups is 2. The quantitative estimate of drug-likeness (QED) is 0.363. The molecular formula is C18H20N2O4S2. The number of methoxy groups -OCH3 is 2. The molecule has 0 spiro atoms. The molecule has 2 aromatic rings. The van der Waals surface area contributed by atoms with Gasteiger partial charge in [-0.05, 0) is 61.4 Å². The van der Waals surface area contributed by atoms with Crippen molar-refractivity contribution < 1.29 is 19.1 Å². The maximum atomic E-state index is 11.5. The van der Waals surface area contributed by atoms with Crippen molar-refractivity contribution in [3.8, 4) is 11.5 Å². The minimum atomic E-state index is 0.701. The van der Waals surface area contributed by atoms with Crippen molar-refractivity contribution in [2.24, 2.45) is 0 Å². The van der Waals surface area contributed by atoms with Crippen LogP contribution in [0.15, 0.2) is 36.4 Å². The number of amides is 2. The molecule has 2 aromatic carbocycles. The van der Waals surface area contributed by atoms with Gasteiger partial charge in [-0.3, -0.25) is 9.59 Å². The lowest BCUT2D eigenvalue weighted by molar-refractivity contribution is -0.107. The molecule has 6 nitrogen and oxygen atoms in total. The fourth-order valence-electron chi connectivity index (χ4n) is 2.31. The van der Waals surface area contributed by atoms with E-state index in [1.807, 2.05) is 26.0 Å². The van der Waals surface area contributed by atoms with E-state index in [4.69, 9.17) is 9.47 Å². The molecule has 0 bridgehead atoms. The first-order chi connectivity index (χ1) is 12.5. The van der Waals surface area contributed by atoms with Gasteiger partial charge >= 0.3 is 0 Å². The van der Waals surface area contributed by atoms with Crippen molar-refractivity contribution in [3.05, 3.63) is 47.5 Å². The number of hydrogen-bond donors (Lipinski definition) is 0. The molecule has 0 heterocycles. The number of anilines is 2. The largest absolute Gasteiger partial charge is 0.496 e. The molecule has 0 aliphatic heterocycles. The van der Waals surface area contributed by atoms with Crippen LogP contribution in [0.4, 0.5) is 11.4 Å². The summed E-state index contributed by atoms with van der Waals surface area (Å²) in [5, 5.41) is 0. The van der Waals surface area contributed by atoms with Crippen LogP contribution in [-0.2, 0) is 9.59 Å². The number of rotatable bonds is 9. The van der Waals surface area contributed by atoms with Crippen LogP contribution in [0.3, 0.4) is 0 Å². The van der Waals surface area contributed by atoms with Gasteiger partial charge in [-0.1, -0.05) is 0 Å². The molecule has 2 amide bonds. The molecule has 0 N–H and O–H groups in total. The Morgan fingerprint density at radius 2 is 1.15 bits per heavy atom. The van der Waals surface area contributed by atoms with Crippen LogP contribution >= 0.6 is 22.0 Å². The van der Waals surface area contributed by atoms with Crippen LogP contribution in [0.5, 0.6) is 11.5 Å². The van der Waals surface area contributed by atoms with Gasteiger partial charge in [-0.15, -0.1) is 0 Å². The number of ether oxygens (including phenoxy) is 2. The second-order valence-corrected chi connectivity index (χ2v) is 7.30. The summed E-state index contributed by atoms with van der Waals surface area (Å²) in [6.45, 7) is 3.81. The molecule has 0 aliphatic rings. The summed E-state index contributed by atoms with van der Waals surface area (Å²) in [4.78, 5) is 23.0. The predicted molar refractivity (Wildman–Crippen MR) is 108 cm³/mol. The predicted octanol–water partition coefficient (Wildman–Crippen LogP) is 4.16. The van der Waals surface area contributed by atoms with Crippen LogP contribution in [0.2, 0.25) is 0 Å². The van der Waals surface area contributed by atoms with E-state index in [0.717, 1.165) is 44.6 Å².